The number of carbonyl (C=O) groups excluding carboxylic acids is 2. The Labute approximate surface area is 99.8 Å². The second-order valence-corrected chi connectivity index (χ2v) is 3.35. The fraction of sp³-hybridized carbons (Fsp3) is 0.333. The van der Waals surface area contributed by atoms with E-state index in [4.69, 9.17) is 4.74 Å². The molecule has 2 atom stereocenters. The first-order valence-corrected chi connectivity index (χ1v) is 5.14. The van der Waals surface area contributed by atoms with Crippen LogP contribution in [0, 0.1) is 0 Å². The van der Waals surface area contributed by atoms with Gasteiger partial charge in [0, 0.05) is 0 Å². The Bertz CT molecular complexity index is 384. The minimum absolute atomic E-state index is 0.535. The Morgan fingerprint density at radius 2 is 2.29 bits per heavy atom. The molecule has 1 amide bonds. The first kappa shape index (κ1) is 13.0. The van der Waals surface area contributed by atoms with Gasteiger partial charge in [0.2, 0.25) is 0 Å². The van der Waals surface area contributed by atoms with Gasteiger partial charge in [0.1, 0.15) is 0 Å². The number of carbonyl (C=O) groups is 2. The molecule has 1 N–H and O–H groups in total. The van der Waals surface area contributed by atoms with Gasteiger partial charge in [-0.2, -0.15) is 0 Å². The highest BCUT2D eigenvalue weighted by Gasteiger charge is 2.41. The number of hydrogen-bond acceptors (Lipinski definition) is 4. The maximum absolute atomic E-state index is 11.5. The molecule has 17 heavy (non-hydrogen) atoms. The predicted molar refractivity (Wildman–Crippen MR) is 62.3 cm³/mol. The molecule has 0 saturated carbocycles. The van der Waals surface area contributed by atoms with E-state index < -0.39 is 24.2 Å². The van der Waals surface area contributed by atoms with Crippen LogP contribution in [-0.2, 0) is 14.3 Å². The van der Waals surface area contributed by atoms with E-state index in [1.807, 2.05) is 0 Å². The summed E-state index contributed by atoms with van der Waals surface area (Å²) in [4.78, 5) is 22.6. The summed E-state index contributed by atoms with van der Waals surface area (Å²) >= 11 is 0. The molecule has 0 bridgehead atoms. The topological polar surface area (TPSA) is 64.6 Å². The second kappa shape index (κ2) is 5.89. The molecule has 0 aromatic heterocycles. The molecule has 1 saturated heterocycles. The van der Waals surface area contributed by atoms with Crippen LogP contribution in [-0.4, -0.2) is 31.3 Å². The van der Waals surface area contributed by atoms with E-state index >= 15 is 0 Å². The molecular weight excluding hydrogens is 222 g/mol. The Morgan fingerprint density at radius 1 is 1.59 bits per heavy atom. The third kappa shape index (κ3) is 2.96. The molecule has 5 nitrogen and oxygen atoms in total. The van der Waals surface area contributed by atoms with Crippen LogP contribution < -0.4 is 5.32 Å². The van der Waals surface area contributed by atoms with E-state index in [-0.39, 0.29) is 0 Å². The number of allylic oxidation sites excluding steroid dienone is 3. The highest BCUT2D eigenvalue weighted by molar-refractivity contribution is 5.85. The standard InChI is InChI=1S/C12H15NO4/c1-4-6-7-8(5-2)10-9(11(14)16-3)13-12(15)17-10/h4-7,9-10H,1H2,2-3H3,(H,13,15)/b7-6-,8-5+/t9-,10+/m0/s1. The van der Waals surface area contributed by atoms with Crippen LogP contribution >= 0.6 is 0 Å². The van der Waals surface area contributed by atoms with Gasteiger partial charge in [0.25, 0.3) is 0 Å². The highest BCUT2D eigenvalue weighted by atomic mass is 16.6. The zero-order valence-corrected chi connectivity index (χ0v) is 9.80. The Kier molecular flexibility index (Phi) is 4.51. The molecule has 1 fully saturated rings. The molecular formula is C12H15NO4. The summed E-state index contributed by atoms with van der Waals surface area (Å²) in [5.41, 5.74) is 0.707. The van der Waals surface area contributed by atoms with Gasteiger partial charge < -0.3 is 14.8 Å². The van der Waals surface area contributed by atoms with Gasteiger partial charge in [0.05, 0.1) is 7.11 Å². The summed E-state index contributed by atoms with van der Waals surface area (Å²) in [7, 11) is 1.26. The number of esters is 1. The minimum Gasteiger partial charge on any atom is -0.467 e. The van der Waals surface area contributed by atoms with Crippen molar-refractivity contribution in [2.24, 2.45) is 0 Å². The summed E-state index contributed by atoms with van der Waals surface area (Å²) in [6.45, 7) is 5.34. The van der Waals surface area contributed by atoms with Gasteiger partial charge in [0.15, 0.2) is 12.1 Å². The quantitative estimate of drug-likeness (QED) is 0.591. The molecule has 92 valence electrons. The summed E-state index contributed by atoms with van der Waals surface area (Å²) in [5, 5.41) is 2.41. The fourth-order valence-corrected chi connectivity index (χ4v) is 1.52. The monoisotopic (exact) mass is 237 g/mol. The molecule has 1 aliphatic heterocycles. The lowest BCUT2D eigenvalue weighted by atomic mass is 10.0. The normalized spacial score (nSPS) is 24.4. The van der Waals surface area contributed by atoms with Crippen LogP contribution in [0.2, 0.25) is 0 Å². The predicted octanol–water partition coefficient (Wildman–Crippen LogP) is 1.32. The number of alkyl carbamates (subject to hydrolysis) is 1. The molecule has 0 unspecified atom stereocenters. The third-order valence-electron chi connectivity index (χ3n) is 2.35. The van der Waals surface area contributed by atoms with Gasteiger partial charge in [-0.3, -0.25) is 0 Å². The Morgan fingerprint density at radius 3 is 2.82 bits per heavy atom. The van der Waals surface area contributed by atoms with Crippen LogP contribution in [0.5, 0.6) is 0 Å². The Balaban J connectivity index is 2.92. The number of amides is 1. The fourth-order valence-electron chi connectivity index (χ4n) is 1.52. The summed E-state index contributed by atoms with van der Waals surface area (Å²) in [6, 6.07) is -0.812. The van der Waals surface area contributed by atoms with Crippen molar-refractivity contribution in [2.75, 3.05) is 7.11 Å². The van der Waals surface area contributed by atoms with E-state index in [2.05, 4.69) is 16.6 Å². The average Bonchev–Trinajstić information content (AvgIpc) is 2.71. The second-order valence-electron chi connectivity index (χ2n) is 3.35. The molecule has 1 heterocycles. The van der Waals surface area contributed by atoms with Crippen molar-refractivity contribution in [1.82, 2.24) is 5.32 Å². The molecule has 0 aromatic carbocycles. The largest absolute Gasteiger partial charge is 0.467 e. The van der Waals surface area contributed by atoms with E-state index in [0.717, 1.165) is 0 Å². The first-order chi connectivity index (χ1) is 8.13. The maximum Gasteiger partial charge on any atom is 0.408 e. The summed E-state index contributed by atoms with van der Waals surface area (Å²) < 4.78 is 9.65. The number of nitrogens with one attached hydrogen (secondary N) is 1. The molecule has 1 aliphatic rings. The molecule has 0 spiro atoms. The lowest BCUT2D eigenvalue weighted by Gasteiger charge is -2.15. The van der Waals surface area contributed by atoms with E-state index in [9.17, 15) is 9.59 Å². The van der Waals surface area contributed by atoms with E-state index in [0.29, 0.717) is 5.57 Å². The highest BCUT2D eigenvalue weighted by Crippen LogP contribution is 2.19. The lowest BCUT2D eigenvalue weighted by molar-refractivity contribution is -0.143. The van der Waals surface area contributed by atoms with E-state index in [1.54, 1.807) is 31.2 Å². The van der Waals surface area contributed by atoms with Crippen LogP contribution in [0.4, 0.5) is 4.79 Å². The smallest absolute Gasteiger partial charge is 0.408 e. The number of cyclic esters (lactones) is 1. The van der Waals surface area contributed by atoms with Crippen molar-refractivity contribution >= 4 is 12.1 Å². The molecule has 0 aromatic rings. The van der Waals surface area contributed by atoms with Crippen molar-refractivity contribution in [1.29, 1.82) is 0 Å². The molecule has 0 radical (unpaired) electrons. The van der Waals surface area contributed by atoms with Crippen molar-refractivity contribution in [3.8, 4) is 0 Å². The first-order valence-electron chi connectivity index (χ1n) is 5.14. The van der Waals surface area contributed by atoms with Crippen molar-refractivity contribution in [3.63, 3.8) is 0 Å². The SMILES string of the molecule is C=C/C=C\C(=C/C)[C@H]1OC(=O)N[C@@H]1C(=O)OC. The Hall–Kier alpha value is -2.04. The van der Waals surface area contributed by atoms with Crippen molar-refractivity contribution < 1.29 is 19.1 Å². The van der Waals surface area contributed by atoms with Crippen LogP contribution in [0.15, 0.2) is 36.5 Å². The zero-order chi connectivity index (χ0) is 12.8. The zero-order valence-electron chi connectivity index (χ0n) is 9.80. The van der Waals surface area contributed by atoms with E-state index in [1.165, 1.54) is 7.11 Å². The molecule has 0 aliphatic carbocycles. The number of rotatable bonds is 4. The van der Waals surface area contributed by atoms with Crippen LogP contribution in [0.25, 0.3) is 0 Å². The number of methoxy groups -OCH3 is 1. The van der Waals surface area contributed by atoms with Crippen molar-refractivity contribution in [3.05, 3.63) is 36.5 Å². The van der Waals surface area contributed by atoms with Gasteiger partial charge >= 0.3 is 12.1 Å². The number of hydrogen-bond donors (Lipinski definition) is 1. The van der Waals surface area contributed by atoms with Gasteiger partial charge in [-0.1, -0.05) is 30.9 Å². The van der Waals surface area contributed by atoms with Crippen molar-refractivity contribution in [2.45, 2.75) is 19.1 Å². The average molecular weight is 237 g/mol. The van der Waals surface area contributed by atoms with Gasteiger partial charge in [-0.25, -0.2) is 9.59 Å². The lowest BCUT2D eigenvalue weighted by Crippen LogP contribution is -2.40. The molecule has 1 rings (SSSR count). The summed E-state index contributed by atoms with van der Waals surface area (Å²) in [6.07, 6.45) is 5.50. The molecule has 5 heteroatoms. The van der Waals surface area contributed by atoms with Gasteiger partial charge in [-0.15, -0.1) is 0 Å². The maximum atomic E-state index is 11.5. The number of ether oxygens (including phenoxy) is 2. The third-order valence-corrected chi connectivity index (χ3v) is 2.35. The van der Waals surface area contributed by atoms with Crippen LogP contribution in [0.3, 0.4) is 0 Å². The minimum atomic E-state index is -0.812. The van der Waals surface area contributed by atoms with Crippen LogP contribution in [0.1, 0.15) is 6.92 Å². The van der Waals surface area contributed by atoms with Gasteiger partial charge in [-0.05, 0) is 12.5 Å². The summed E-state index contributed by atoms with van der Waals surface area (Å²) in [5.74, 6) is -0.535.